The van der Waals surface area contributed by atoms with E-state index in [1.807, 2.05) is 7.05 Å². The lowest BCUT2D eigenvalue weighted by molar-refractivity contribution is -0.149. The fourth-order valence-corrected chi connectivity index (χ4v) is 2.10. The van der Waals surface area contributed by atoms with Crippen LogP contribution in [0.1, 0.15) is 26.7 Å². The first-order valence-corrected chi connectivity index (χ1v) is 4.86. The van der Waals surface area contributed by atoms with Crippen LogP contribution in [-0.2, 0) is 9.53 Å². The molecule has 3 atom stereocenters. The first-order chi connectivity index (χ1) is 6.06. The molecule has 0 spiro atoms. The number of ether oxygens (including phenoxy) is 1. The normalized spacial score (nSPS) is 35.8. The maximum atomic E-state index is 11.4. The van der Waals surface area contributed by atoms with Crippen LogP contribution < -0.4 is 0 Å². The Morgan fingerprint density at radius 2 is 2.00 bits per heavy atom. The molecule has 0 aromatic carbocycles. The fraction of sp³-hybridized carbons (Fsp3) is 0.900. The van der Waals surface area contributed by atoms with E-state index < -0.39 is 0 Å². The molecule has 0 bridgehead atoms. The summed E-state index contributed by atoms with van der Waals surface area (Å²) in [6, 6.07) is 0.441. The molecule has 13 heavy (non-hydrogen) atoms. The van der Waals surface area contributed by atoms with Gasteiger partial charge < -0.3 is 4.74 Å². The van der Waals surface area contributed by atoms with Crippen molar-refractivity contribution in [2.75, 3.05) is 14.2 Å². The van der Waals surface area contributed by atoms with Gasteiger partial charge in [0.2, 0.25) is 0 Å². The summed E-state index contributed by atoms with van der Waals surface area (Å²) >= 11 is 0. The van der Waals surface area contributed by atoms with Crippen LogP contribution in [0, 0.1) is 5.92 Å². The minimum absolute atomic E-state index is 0.0382. The van der Waals surface area contributed by atoms with Crippen LogP contribution in [0.2, 0.25) is 0 Å². The minimum atomic E-state index is -0.0964. The smallest absolute Gasteiger partial charge is 0.323 e. The summed E-state index contributed by atoms with van der Waals surface area (Å²) in [6.45, 7) is 4.35. The predicted molar refractivity (Wildman–Crippen MR) is 51.4 cm³/mol. The number of rotatable bonds is 1. The van der Waals surface area contributed by atoms with E-state index >= 15 is 0 Å². The van der Waals surface area contributed by atoms with Gasteiger partial charge in [0.05, 0.1) is 7.11 Å². The molecule has 0 aromatic rings. The number of nitrogens with zero attached hydrogens (tertiary/aromatic N) is 1. The first-order valence-electron chi connectivity index (χ1n) is 4.86. The number of hydrogen-bond acceptors (Lipinski definition) is 3. The zero-order valence-electron chi connectivity index (χ0n) is 8.91. The highest BCUT2D eigenvalue weighted by molar-refractivity contribution is 5.75. The third kappa shape index (κ3) is 2.21. The van der Waals surface area contributed by atoms with E-state index in [4.69, 9.17) is 4.74 Å². The van der Waals surface area contributed by atoms with E-state index in [9.17, 15) is 4.79 Å². The van der Waals surface area contributed by atoms with Crippen molar-refractivity contribution in [2.24, 2.45) is 5.92 Å². The van der Waals surface area contributed by atoms with Gasteiger partial charge in [0.15, 0.2) is 0 Å². The Labute approximate surface area is 80.1 Å². The van der Waals surface area contributed by atoms with Crippen LogP contribution in [0.5, 0.6) is 0 Å². The second-order valence-electron chi connectivity index (χ2n) is 4.13. The monoisotopic (exact) mass is 185 g/mol. The van der Waals surface area contributed by atoms with E-state index in [1.54, 1.807) is 0 Å². The van der Waals surface area contributed by atoms with Crippen molar-refractivity contribution < 1.29 is 9.53 Å². The van der Waals surface area contributed by atoms with Crippen LogP contribution in [0.4, 0.5) is 0 Å². The van der Waals surface area contributed by atoms with E-state index in [0.717, 1.165) is 6.42 Å². The third-order valence-electron chi connectivity index (χ3n) is 3.03. The summed E-state index contributed by atoms with van der Waals surface area (Å²) < 4.78 is 4.78. The van der Waals surface area contributed by atoms with Crippen LogP contribution in [0.15, 0.2) is 0 Å². The van der Waals surface area contributed by atoms with Crippen molar-refractivity contribution >= 4 is 5.97 Å². The van der Waals surface area contributed by atoms with Crippen molar-refractivity contribution in [3.05, 3.63) is 0 Å². The Morgan fingerprint density at radius 3 is 2.54 bits per heavy atom. The average molecular weight is 185 g/mol. The van der Waals surface area contributed by atoms with E-state index in [1.165, 1.54) is 13.5 Å². The third-order valence-corrected chi connectivity index (χ3v) is 3.03. The average Bonchev–Trinajstić information content (AvgIpc) is 2.10. The summed E-state index contributed by atoms with van der Waals surface area (Å²) in [5.74, 6) is 0.524. The molecule has 1 aliphatic heterocycles. The lowest BCUT2D eigenvalue weighted by Crippen LogP contribution is -2.49. The van der Waals surface area contributed by atoms with E-state index in [-0.39, 0.29) is 12.0 Å². The molecule has 1 aliphatic rings. The first kappa shape index (κ1) is 10.5. The topological polar surface area (TPSA) is 29.5 Å². The van der Waals surface area contributed by atoms with Crippen molar-refractivity contribution in [3.8, 4) is 0 Å². The van der Waals surface area contributed by atoms with Gasteiger partial charge in [0.25, 0.3) is 0 Å². The number of likely N-dealkylation sites (N-methyl/N-ethyl adjacent to an activating group) is 1. The molecule has 1 saturated heterocycles. The highest BCUT2D eigenvalue weighted by Crippen LogP contribution is 2.26. The molecular formula is C10H19NO2. The van der Waals surface area contributed by atoms with Crippen LogP contribution in [0.25, 0.3) is 0 Å². The van der Waals surface area contributed by atoms with Crippen molar-refractivity contribution in [2.45, 2.75) is 38.8 Å². The minimum Gasteiger partial charge on any atom is -0.468 e. The largest absolute Gasteiger partial charge is 0.468 e. The van der Waals surface area contributed by atoms with Gasteiger partial charge in [-0.2, -0.15) is 0 Å². The van der Waals surface area contributed by atoms with Gasteiger partial charge in [-0.25, -0.2) is 0 Å². The number of likely N-dealkylation sites (tertiary alicyclic amines) is 1. The predicted octanol–water partition coefficient (Wildman–Crippen LogP) is 1.28. The molecule has 0 amide bonds. The zero-order valence-corrected chi connectivity index (χ0v) is 8.91. The van der Waals surface area contributed by atoms with Gasteiger partial charge in [-0.05, 0) is 32.7 Å². The highest BCUT2D eigenvalue weighted by atomic mass is 16.5. The lowest BCUT2D eigenvalue weighted by atomic mass is 9.88. The summed E-state index contributed by atoms with van der Waals surface area (Å²) in [5, 5.41) is 0. The summed E-state index contributed by atoms with van der Waals surface area (Å²) in [6.07, 6.45) is 2.09. The van der Waals surface area contributed by atoms with Crippen LogP contribution in [-0.4, -0.2) is 37.1 Å². The molecule has 0 aromatic heterocycles. The molecular weight excluding hydrogens is 166 g/mol. The molecule has 1 fully saturated rings. The van der Waals surface area contributed by atoms with Gasteiger partial charge in [-0.1, -0.05) is 6.92 Å². The van der Waals surface area contributed by atoms with Crippen LogP contribution in [0.3, 0.4) is 0 Å². The molecule has 0 radical (unpaired) electrons. The second-order valence-corrected chi connectivity index (χ2v) is 4.13. The van der Waals surface area contributed by atoms with E-state index in [0.29, 0.717) is 12.0 Å². The van der Waals surface area contributed by atoms with Gasteiger partial charge in [-0.15, -0.1) is 0 Å². The quantitative estimate of drug-likeness (QED) is 0.576. The summed E-state index contributed by atoms with van der Waals surface area (Å²) in [7, 11) is 3.46. The molecule has 3 heteroatoms. The Hall–Kier alpha value is -0.570. The van der Waals surface area contributed by atoms with Gasteiger partial charge in [-0.3, -0.25) is 9.69 Å². The number of esters is 1. The zero-order chi connectivity index (χ0) is 10.0. The van der Waals surface area contributed by atoms with Crippen LogP contribution >= 0.6 is 0 Å². The standard InChI is InChI=1S/C10H19NO2/c1-7-5-8(2)11(3)9(6-7)10(12)13-4/h7-9H,5-6H2,1-4H3. The number of carbonyl (C=O) groups excluding carboxylic acids is 1. The van der Waals surface area contributed by atoms with Gasteiger partial charge in [0, 0.05) is 6.04 Å². The Balaban J connectivity index is 2.66. The van der Waals surface area contributed by atoms with Gasteiger partial charge >= 0.3 is 5.97 Å². The number of hydrogen-bond donors (Lipinski definition) is 0. The lowest BCUT2D eigenvalue weighted by Gasteiger charge is -2.39. The maximum absolute atomic E-state index is 11.4. The SMILES string of the molecule is COC(=O)C1CC(C)CC(C)N1C. The van der Waals surface area contributed by atoms with Gasteiger partial charge in [0.1, 0.15) is 6.04 Å². The number of piperidine rings is 1. The molecule has 3 nitrogen and oxygen atoms in total. The number of methoxy groups -OCH3 is 1. The Bertz CT molecular complexity index is 193. The summed E-state index contributed by atoms with van der Waals surface area (Å²) in [5.41, 5.74) is 0. The maximum Gasteiger partial charge on any atom is 0.323 e. The Kier molecular flexibility index (Phi) is 3.31. The molecule has 3 unspecified atom stereocenters. The second kappa shape index (κ2) is 4.09. The molecule has 76 valence electrons. The number of carbonyl (C=O) groups is 1. The van der Waals surface area contributed by atoms with Crippen molar-refractivity contribution in [3.63, 3.8) is 0 Å². The molecule has 1 rings (SSSR count). The molecule has 0 saturated carbocycles. The summed E-state index contributed by atoms with van der Waals surface area (Å²) in [4.78, 5) is 13.5. The van der Waals surface area contributed by atoms with E-state index in [2.05, 4.69) is 18.7 Å². The Morgan fingerprint density at radius 1 is 1.38 bits per heavy atom. The molecule has 0 aliphatic carbocycles. The molecule has 1 heterocycles. The fourth-order valence-electron chi connectivity index (χ4n) is 2.10. The highest BCUT2D eigenvalue weighted by Gasteiger charge is 2.33. The molecule has 0 N–H and O–H groups in total. The van der Waals surface area contributed by atoms with Crippen molar-refractivity contribution in [1.82, 2.24) is 4.90 Å². The van der Waals surface area contributed by atoms with Crippen molar-refractivity contribution in [1.29, 1.82) is 0 Å².